The van der Waals surface area contributed by atoms with Crippen LogP contribution in [0.5, 0.6) is 0 Å². The van der Waals surface area contributed by atoms with Crippen molar-refractivity contribution in [2.75, 3.05) is 14.1 Å². The molecule has 21 heavy (non-hydrogen) atoms. The number of hydrogen-bond donors (Lipinski definition) is 0. The van der Waals surface area contributed by atoms with Gasteiger partial charge < -0.3 is 9.32 Å². The van der Waals surface area contributed by atoms with E-state index in [1.54, 1.807) is 37.4 Å². The minimum Gasteiger partial charge on any atom is -0.461 e. The van der Waals surface area contributed by atoms with Gasteiger partial charge in [-0.1, -0.05) is 17.8 Å². The fourth-order valence-corrected chi connectivity index (χ4v) is 2.83. The Morgan fingerprint density at radius 3 is 2.90 bits per heavy atom. The van der Waals surface area contributed by atoms with Crippen LogP contribution in [0.2, 0.25) is 0 Å². The summed E-state index contributed by atoms with van der Waals surface area (Å²) in [5.41, 5.74) is 0. The van der Waals surface area contributed by atoms with Gasteiger partial charge in [-0.05, 0) is 19.1 Å². The first-order chi connectivity index (χ1) is 10.0. The van der Waals surface area contributed by atoms with E-state index >= 15 is 0 Å². The average molecular weight is 306 g/mol. The number of thioether (sulfide) groups is 1. The van der Waals surface area contributed by atoms with Crippen LogP contribution in [0.1, 0.15) is 6.92 Å². The molecule has 0 radical (unpaired) electrons. The van der Waals surface area contributed by atoms with Crippen LogP contribution in [0.15, 0.2) is 40.6 Å². The number of amides is 1. The molecule has 2 rings (SSSR count). The zero-order valence-electron chi connectivity index (χ0n) is 12.3. The van der Waals surface area contributed by atoms with Crippen LogP contribution in [-0.4, -0.2) is 44.9 Å². The Morgan fingerprint density at radius 1 is 1.57 bits per heavy atom. The van der Waals surface area contributed by atoms with Crippen LogP contribution in [0.3, 0.4) is 0 Å². The summed E-state index contributed by atoms with van der Waals surface area (Å²) < 4.78 is 7.25. The van der Waals surface area contributed by atoms with Gasteiger partial charge in [-0.15, -0.1) is 16.8 Å². The summed E-state index contributed by atoms with van der Waals surface area (Å²) in [6.07, 6.45) is 3.35. The van der Waals surface area contributed by atoms with Gasteiger partial charge in [0, 0.05) is 20.6 Å². The Balaban J connectivity index is 2.28. The maximum absolute atomic E-state index is 12.0. The van der Waals surface area contributed by atoms with Crippen molar-refractivity contribution in [3.8, 4) is 11.6 Å². The molecule has 2 aromatic heterocycles. The molecule has 112 valence electrons. The summed E-state index contributed by atoms with van der Waals surface area (Å²) in [6.45, 7) is 6.15. The van der Waals surface area contributed by atoms with E-state index in [9.17, 15) is 4.79 Å². The molecule has 6 nitrogen and oxygen atoms in total. The van der Waals surface area contributed by atoms with Gasteiger partial charge in [0.25, 0.3) is 0 Å². The van der Waals surface area contributed by atoms with Crippen LogP contribution in [0, 0.1) is 0 Å². The molecule has 0 saturated carbocycles. The summed E-state index contributed by atoms with van der Waals surface area (Å²) in [7, 11) is 3.48. The van der Waals surface area contributed by atoms with Gasteiger partial charge in [0.15, 0.2) is 10.9 Å². The fourth-order valence-electron chi connectivity index (χ4n) is 1.83. The van der Waals surface area contributed by atoms with Gasteiger partial charge >= 0.3 is 0 Å². The Kier molecular flexibility index (Phi) is 4.85. The molecule has 1 atom stereocenters. The molecule has 0 aliphatic heterocycles. The molecule has 0 bridgehead atoms. The zero-order chi connectivity index (χ0) is 15.4. The van der Waals surface area contributed by atoms with Crippen molar-refractivity contribution in [1.29, 1.82) is 0 Å². The van der Waals surface area contributed by atoms with E-state index in [0.29, 0.717) is 23.3 Å². The standard InChI is InChI=1S/C14H18N4O2S/c1-5-8-18-12(11-7-6-9-20-11)15-16-14(18)21-10(2)13(19)17(3)4/h5-7,9-10H,1,8H2,2-4H3. The third kappa shape index (κ3) is 3.36. The number of carbonyl (C=O) groups is 1. The van der Waals surface area contributed by atoms with E-state index in [1.807, 2.05) is 17.6 Å². The van der Waals surface area contributed by atoms with E-state index in [-0.39, 0.29) is 11.2 Å². The van der Waals surface area contributed by atoms with Crippen molar-refractivity contribution in [3.63, 3.8) is 0 Å². The molecule has 1 amide bonds. The highest BCUT2D eigenvalue weighted by atomic mass is 32.2. The van der Waals surface area contributed by atoms with Crippen LogP contribution < -0.4 is 0 Å². The SMILES string of the molecule is C=CCn1c(SC(C)C(=O)N(C)C)nnc1-c1ccco1. The topological polar surface area (TPSA) is 64.2 Å². The smallest absolute Gasteiger partial charge is 0.235 e. The molecular weight excluding hydrogens is 288 g/mol. The van der Waals surface area contributed by atoms with Crippen molar-refractivity contribution in [3.05, 3.63) is 31.1 Å². The second-order valence-corrected chi connectivity index (χ2v) is 5.98. The lowest BCUT2D eigenvalue weighted by atomic mass is 10.4. The maximum Gasteiger partial charge on any atom is 0.235 e. The highest BCUT2D eigenvalue weighted by molar-refractivity contribution is 8.00. The number of furan rings is 1. The molecule has 0 aromatic carbocycles. The molecule has 2 aromatic rings. The quantitative estimate of drug-likeness (QED) is 0.605. The Labute approximate surface area is 127 Å². The molecule has 0 saturated heterocycles. The van der Waals surface area contributed by atoms with Crippen LogP contribution in [0.25, 0.3) is 11.6 Å². The number of hydrogen-bond acceptors (Lipinski definition) is 5. The molecule has 0 aliphatic carbocycles. The first kappa shape index (κ1) is 15.4. The van der Waals surface area contributed by atoms with Crippen LogP contribution in [-0.2, 0) is 11.3 Å². The van der Waals surface area contributed by atoms with E-state index < -0.39 is 0 Å². The number of allylic oxidation sites excluding steroid dienone is 1. The number of rotatable bonds is 6. The zero-order valence-corrected chi connectivity index (χ0v) is 13.1. The van der Waals surface area contributed by atoms with Gasteiger partial charge in [0.2, 0.25) is 11.7 Å². The van der Waals surface area contributed by atoms with Gasteiger partial charge in [-0.2, -0.15) is 0 Å². The van der Waals surface area contributed by atoms with Gasteiger partial charge in [-0.25, -0.2) is 0 Å². The second kappa shape index (κ2) is 6.62. The van der Waals surface area contributed by atoms with Crippen molar-refractivity contribution < 1.29 is 9.21 Å². The molecule has 0 N–H and O–H groups in total. The predicted octanol–water partition coefficient (Wildman–Crippen LogP) is 2.29. The number of aromatic nitrogens is 3. The lowest BCUT2D eigenvalue weighted by Gasteiger charge is -2.16. The fraction of sp³-hybridized carbons (Fsp3) is 0.357. The minimum absolute atomic E-state index is 0.0349. The normalized spacial score (nSPS) is 12.1. The summed E-state index contributed by atoms with van der Waals surface area (Å²) in [5.74, 6) is 1.31. The first-order valence-corrected chi connectivity index (χ1v) is 7.38. The largest absolute Gasteiger partial charge is 0.461 e. The minimum atomic E-state index is -0.239. The summed E-state index contributed by atoms with van der Waals surface area (Å²) >= 11 is 1.37. The molecule has 0 spiro atoms. The summed E-state index contributed by atoms with van der Waals surface area (Å²) in [5, 5.41) is 8.76. The van der Waals surface area contributed by atoms with Gasteiger partial charge in [-0.3, -0.25) is 9.36 Å². The number of carbonyl (C=O) groups excluding carboxylic acids is 1. The van der Waals surface area contributed by atoms with Crippen molar-refractivity contribution in [2.45, 2.75) is 23.9 Å². The molecule has 7 heteroatoms. The summed E-state index contributed by atoms with van der Waals surface area (Å²) in [4.78, 5) is 13.5. The Morgan fingerprint density at radius 2 is 2.33 bits per heavy atom. The van der Waals surface area contributed by atoms with Crippen molar-refractivity contribution in [1.82, 2.24) is 19.7 Å². The highest BCUT2D eigenvalue weighted by Crippen LogP contribution is 2.27. The molecule has 0 fully saturated rings. The van der Waals surface area contributed by atoms with E-state index in [0.717, 1.165) is 0 Å². The van der Waals surface area contributed by atoms with Gasteiger partial charge in [0.05, 0.1) is 11.5 Å². The first-order valence-electron chi connectivity index (χ1n) is 6.50. The van der Waals surface area contributed by atoms with Crippen LogP contribution >= 0.6 is 11.8 Å². The highest BCUT2D eigenvalue weighted by Gasteiger charge is 2.22. The number of nitrogens with zero attached hydrogens (tertiary/aromatic N) is 4. The monoisotopic (exact) mass is 306 g/mol. The van der Waals surface area contributed by atoms with Crippen molar-refractivity contribution >= 4 is 17.7 Å². The van der Waals surface area contributed by atoms with Crippen LogP contribution in [0.4, 0.5) is 0 Å². The lowest BCUT2D eigenvalue weighted by Crippen LogP contribution is -2.29. The van der Waals surface area contributed by atoms with E-state index in [4.69, 9.17) is 4.42 Å². The van der Waals surface area contributed by atoms with Gasteiger partial charge in [0.1, 0.15) is 0 Å². The average Bonchev–Trinajstić information content (AvgIpc) is 3.08. The lowest BCUT2D eigenvalue weighted by molar-refractivity contribution is -0.127. The Bertz CT molecular complexity index is 619. The van der Waals surface area contributed by atoms with E-state index in [2.05, 4.69) is 16.8 Å². The van der Waals surface area contributed by atoms with Crippen molar-refractivity contribution in [2.24, 2.45) is 0 Å². The van der Waals surface area contributed by atoms with E-state index in [1.165, 1.54) is 11.8 Å². The second-order valence-electron chi connectivity index (χ2n) is 4.68. The predicted molar refractivity (Wildman–Crippen MR) is 81.9 cm³/mol. The third-order valence-corrected chi connectivity index (χ3v) is 3.91. The molecule has 2 heterocycles. The Hall–Kier alpha value is -2.02. The summed E-state index contributed by atoms with van der Waals surface area (Å²) in [6, 6.07) is 3.62. The maximum atomic E-state index is 12.0. The molecule has 1 unspecified atom stereocenters. The third-order valence-electron chi connectivity index (χ3n) is 2.84. The molecule has 0 aliphatic rings. The molecular formula is C14H18N4O2S.